The summed E-state index contributed by atoms with van der Waals surface area (Å²) < 4.78 is 5.20. The molecule has 8 heteroatoms. The number of hydrogen-bond donors (Lipinski definition) is 1. The number of ether oxygens (including phenoxy) is 1. The van der Waals surface area contributed by atoms with Gasteiger partial charge in [0.15, 0.2) is 0 Å². The molecule has 132 valence electrons. The van der Waals surface area contributed by atoms with Gasteiger partial charge in [-0.2, -0.15) is 15.0 Å². The van der Waals surface area contributed by atoms with Gasteiger partial charge in [-0.15, -0.1) is 0 Å². The number of anilines is 2. The lowest BCUT2D eigenvalue weighted by Crippen LogP contribution is -2.33. The lowest BCUT2D eigenvalue weighted by molar-refractivity contribution is -0.128. The molecule has 0 saturated carbocycles. The van der Waals surface area contributed by atoms with E-state index in [1.165, 1.54) is 12.8 Å². The second kappa shape index (κ2) is 8.12. The highest BCUT2D eigenvalue weighted by Crippen LogP contribution is 2.19. The molecule has 8 nitrogen and oxygen atoms in total. The van der Waals surface area contributed by atoms with Gasteiger partial charge in [-0.05, 0) is 25.7 Å². The maximum Gasteiger partial charge on any atom is 0.322 e. The Bertz CT molecular complexity index is 553. The summed E-state index contributed by atoms with van der Waals surface area (Å²) in [6, 6.07) is 0.278. The van der Waals surface area contributed by atoms with Crippen LogP contribution in [0.1, 0.15) is 38.5 Å². The van der Waals surface area contributed by atoms with E-state index in [0.717, 1.165) is 51.9 Å². The largest absolute Gasteiger partial charge is 0.467 e. The summed E-state index contributed by atoms with van der Waals surface area (Å²) in [5.74, 6) is 1.11. The van der Waals surface area contributed by atoms with Crippen molar-refractivity contribution in [1.29, 1.82) is 0 Å². The number of methoxy groups -OCH3 is 1. The Labute approximate surface area is 142 Å². The van der Waals surface area contributed by atoms with Gasteiger partial charge in [0.1, 0.15) is 0 Å². The fraction of sp³-hybridized carbons (Fsp3) is 0.750. The van der Waals surface area contributed by atoms with Gasteiger partial charge in [0, 0.05) is 26.2 Å². The van der Waals surface area contributed by atoms with Crippen LogP contribution in [0.25, 0.3) is 0 Å². The van der Waals surface area contributed by atoms with E-state index in [0.29, 0.717) is 11.9 Å². The van der Waals surface area contributed by atoms with Gasteiger partial charge < -0.3 is 19.9 Å². The molecule has 2 fully saturated rings. The van der Waals surface area contributed by atoms with E-state index in [1.54, 1.807) is 7.11 Å². The molecule has 24 heavy (non-hydrogen) atoms. The Morgan fingerprint density at radius 2 is 1.67 bits per heavy atom. The van der Waals surface area contributed by atoms with Gasteiger partial charge in [0.25, 0.3) is 0 Å². The first kappa shape index (κ1) is 16.7. The molecule has 0 atom stereocenters. The zero-order chi connectivity index (χ0) is 16.8. The number of carbonyl (C=O) groups is 1. The topological polar surface area (TPSA) is 83.5 Å². The third-order valence-corrected chi connectivity index (χ3v) is 4.53. The van der Waals surface area contributed by atoms with Crippen molar-refractivity contribution in [1.82, 2.24) is 19.9 Å². The normalized spacial score (nSPS) is 18.4. The molecule has 1 aromatic rings. The average molecular weight is 334 g/mol. The van der Waals surface area contributed by atoms with Crippen molar-refractivity contribution < 1.29 is 9.53 Å². The maximum absolute atomic E-state index is 12.2. The van der Waals surface area contributed by atoms with E-state index >= 15 is 0 Å². The van der Waals surface area contributed by atoms with Crippen molar-refractivity contribution >= 4 is 17.8 Å². The molecular formula is C16H26N6O2. The van der Waals surface area contributed by atoms with Crippen LogP contribution in [-0.2, 0) is 4.79 Å². The third kappa shape index (κ3) is 4.24. The van der Waals surface area contributed by atoms with Crippen molar-refractivity contribution in [3.05, 3.63) is 0 Å². The monoisotopic (exact) mass is 334 g/mol. The second-order valence-electron chi connectivity index (χ2n) is 6.29. The van der Waals surface area contributed by atoms with Crippen LogP contribution in [-0.4, -0.2) is 65.6 Å². The van der Waals surface area contributed by atoms with Crippen LogP contribution in [0.4, 0.5) is 11.9 Å². The molecule has 1 amide bonds. The minimum absolute atomic E-state index is 0.0863. The standard InChI is InChI=1S/C16H26N6O2/c1-24-16-19-14(17-12-13(23)21-8-6-7-9-21)18-15(20-16)22-10-4-2-3-5-11-22/h2-12H2,1H3,(H,17,18,19,20). The number of aromatic nitrogens is 3. The predicted octanol–water partition coefficient (Wildman–Crippen LogP) is 1.29. The molecule has 2 aliphatic rings. The van der Waals surface area contributed by atoms with Gasteiger partial charge in [0.2, 0.25) is 17.8 Å². The van der Waals surface area contributed by atoms with Crippen molar-refractivity contribution in [2.45, 2.75) is 38.5 Å². The van der Waals surface area contributed by atoms with Gasteiger partial charge in [-0.3, -0.25) is 4.79 Å². The van der Waals surface area contributed by atoms with Crippen molar-refractivity contribution in [2.75, 3.05) is 50.1 Å². The summed E-state index contributed by atoms with van der Waals surface area (Å²) in [5, 5.41) is 3.03. The summed E-state index contributed by atoms with van der Waals surface area (Å²) in [7, 11) is 1.54. The number of rotatable bonds is 5. The van der Waals surface area contributed by atoms with Crippen LogP contribution in [0.2, 0.25) is 0 Å². The zero-order valence-corrected chi connectivity index (χ0v) is 14.3. The van der Waals surface area contributed by atoms with Crippen LogP contribution < -0.4 is 15.0 Å². The molecule has 0 bridgehead atoms. The summed E-state index contributed by atoms with van der Waals surface area (Å²) in [6.07, 6.45) is 6.95. The Hall–Kier alpha value is -2.12. The molecule has 0 spiro atoms. The lowest BCUT2D eigenvalue weighted by Gasteiger charge is -2.21. The first-order chi connectivity index (χ1) is 11.8. The van der Waals surface area contributed by atoms with E-state index < -0.39 is 0 Å². The van der Waals surface area contributed by atoms with E-state index in [-0.39, 0.29) is 18.5 Å². The molecule has 3 rings (SSSR count). The highest BCUT2D eigenvalue weighted by molar-refractivity contribution is 5.80. The Morgan fingerprint density at radius 3 is 2.33 bits per heavy atom. The molecule has 0 unspecified atom stereocenters. The molecule has 0 radical (unpaired) electrons. The van der Waals surface area contributed by atoms with E-state index in [2.05, 4.69) is 25.2 Å². The number of nitrogens with zero attached hydrogens (tertiary/aromatic N) is 5. The molecule has 1 aromatic heterocycles. The number of likely N-dealkylation sites (tertiary alicyclic amines) is 1. The fourth-order valence-electron chi connectivity index (χ4n) is 3.16. The fourth-order valence-corrected chi connectivity index (χ4v) is 3.16. The summed E-state index contributed by atoms with van der Waals surface area (Å²) in [6.45, 7) is 3.78. The van der Waals surface area contributed by atoms with Crippen LogP contribution >= 0.6 is 0 Å². The number of carbonyl (C=O) groups excluding carboxylic acids is 1. The average Bonchev–Trinajstić information content (AvgIpc) is 3.02. The quantitative estimate of drug-likeness (QED) is 0.869. The molecule has 3 heterocycles. The first-order valence-electron chi connectivity index (χ1n) is 8.83. The van der Waals surface area contributed by atoms with E-state index in [1.807, 2.05) is 4.90 Å². The Kier molecular flexibility index (Phi) is 5.66. The number of amides is 1. The summed E-state index contributed by atoms with van der Waals surface area (Å²) in [4.78, 5) is 29.3. The second-order valence-corrected chi connectivity index (χ2v) is 6.29. The molecular weight excluding hydrogens is 308 g/mol. The number of hydrogen-bond acceptors (Lipinski definition) is 7. The van der Waals surface area contributed by atoms with Crippen LogP contribution in [0.3, 0.4) is 0 Å². The third-order valence-electron chi connectivity index (χ3n) is 4.53. The first-order valence-corrected chi connectivity index (χ1v) is 8.83. The molecule has 2 aliphatic heterocycles. The Balaban J connectivity index is 1.67. The van der Waals surface area contributed by atoms with E-state index in [4.69, 9.17) is 4.74 Å². The maximum atomic E-state index is 12.2. The minimum atomic E-state index is 0.0863. The van der Waals surface area contributed by atoms with Crippen molar-refractivity contribution in [2.24, 2.45) is 0 Å². The molecule has 1 N–H and O–H groups in total. The van der Waals surface area contributed by atoms with Gasteiger partial charge in [-0.25, -0.2) is 0 Å². The summed E-state index contributed by atoms with van der Waals surface area (Å²) >= 11 is 0. The zero-order valence-electron chi connectivity index (χ0n) is 14.3. The minimum Gasteiger partial charge on any atom is -0.467 e. The van der Waals surface area contributed by atoms with Crippen molar-refractivity contribution in [3.8, 4) is 6.01 Å². The van der Waals surface area contributed by atoms with Gasteiger partial charge in [0.05, 0.1) is 13.7 Å². The highest BCUT2D eigenvalue weighted by atomic mass is 16.5. The van der Waals surface area contributed by atoms with Crippen LogP contribution in [0.5, 0.6) is 6.01 Å². The molecule has 0 aliphatic carbocycles. The highest BCUT2D eigenvalue weighted by Gasteiger charge is 2.19. The van der Waals surface area contributed by atoms with Crippen LogP contribution in [0, 0.1) is 0 Å². The lowest BCUT2D eigenvalue weighted by atomic mass is 10.2. The van der Waals surface area contributed by atoms with E-state index in [9.17, 15) is 4.79 Å². The molecule has 0 aromatic carbocycles. The molecule has 2 saturated heterocycles. The van der Waals surface area contributed by atoms with Crippen LogP contribution in [0.15, 0.2) is 0 Å². The smallest absolute Gasteiger partial charge is 0.322 e. The van der Waals surface area contributed by atoms with Crippen molar-refractivity contribution in [3.63, 3.8) is 0 Å². The summed E-state index contributed by atoms with van der Waals surface area (Å²) in [5.41, 5.74) is 0. The van der Waals surface area contributed by atoms with Gasteiger partial charge >= 0.3 is 6.01 Å². The Morgan fingerprint density at radius 1 is 1.00 bits per heavy atom. The predicted molar refractivity (Wildman–Crippen MR) is 91.4 cm³/mol. The van der Waals surface area contributed by atoms with Gasteiger partial charge in [-0.1, -0.05) is 12.8 Å². The number of nitrogens with one attached hydrogen (secondary N) is 1. The SMILES string of the molecule is COc1nc(NCC(=O)N2CCCC2)nc(N2CCCCCC2)n1.